The van der Waals surface area contributed by atoms with Crippen LogP contribution < -0.4 is 15.5 Å². The predicted molar refractivity (Wildman–Crippen MR) is 113 cm³/mol. The molecule has 1 fully saturated rings. The van der Waals surface area contributed by atoms with E-state index in [0.29, 0.717) is 13.0 Å². The lowest BCUT2D eigenvalue weighted by atomic mass is 10.00. The van der Waals surface area contributed by atoms with Gasteiger partial charge in [-0.2, -0.15) is 0 Å². The van der Waals surface area contributed by atoms with Gasteiger partial charge in [0.15, 0.2) is 0 Å². The molecular weight excluding hydrogens is 364 g/mol. The molecule has 0 spiro atoms. The van der Waals surface area contributed by atoms with Gasteiger partial charge in [0.05, 0.1) is 6.10 Å². The summed E-state index contributed by atoms with van der Waals surface area (Å²) in [7, 11) is 0. The molecule has 6 nitrogen and oxygen atoms in total. The first-order chi connectivity index (χ1) is 12.7. The molecule has 1 amide bonds. The third kappa shape index (κ3) is 6.07. The highest BCUT2D eigenvalue weighted by Crippen LogP contribution is 2.32. The molecule has 2 aliphatic rings. The van der Waals surface area contributed by atoms with E-state index in [-0.39, 0.29) is 24.4 Å². The van der Waals surface area contributed by atoms with Gasteiger partial charge in [0.1, 0.15) is 0 Å². The number of amides is 1. The average molecular weight is 397 g/mol. The third-order valence-electron chi connectivity index (χ3n) is 5.30. The molecular formula is C20H33ClN4O2. The van der Waals surface area contributed by atoms with E-state index >= 15 is 0 Å². The van der Waals surface area contributed by atoms with Gasteiger partial charge in [-0.1, -0.05) is 19.4 Å². The molecule has 0 radical (unpaired) electrons. The van der Waals surface area contributed by atoms with E-state index in [1.807, 2.05) is 12.1 Å². The van der Waals surface area contributed by atoms with Gasteiger partial charge in [-0.05, 0) is 37.1 Å². The molecule has 0 unspecified atom stereocenters. The smallest absolute Gasteiger partial charge is 0.224 e. The van der Waals surface area contributed by atoms with Crippen molar-refractivity contribution in [1.29, 1.82) is 0 Å². The Balaban J connectivity index is 0.00000261. The molecule has 2 aliphatic heterocycles. The lowest BCUT2D eigenvalue weighted by Gasteiger charge is -2.38. The molecule has 0 aliphatic carbocycles. The van der Waals surface area contributed by atoms with Crippen LogP contribution in [-0.4, -0.2) is 67.8 Å². The number of unbranched alkanes of at least 4 members (excludes halogenated alkanes) is 1. The number of rotatable bonds is 8. The average Bonchev–Trinajstić information content (AvgIpc) is 2.65. The minimum Gasteiger partial charge on any atom is -0.390 e. The van der Waals surface area contributed by atoms with E-state index in [0.717, 1.165) is 57.8 Å². The van der Waals surface area contributed by atoms with Crippen LogP contribution in [0.1, 0.15) is 31.7 Å². The minimum atomic E-state index is -0.307. The van der Waals surface area contributed by atoms with E-state index in [4.69, 9.17) is 0 Å². The molecule has 2 heterocycles. The zero-order valence-electron chi connectivity index (χ0n) is 16.2. The summed E-state index contributed by atoms with van der Waals surface area (Å²) < 4.78 is 0. The Labute approximate surface area is 168 Å². The van der Waals surface area contributed by atoms with Crippen molar-refractivity contribution in [2.24, 2.45) is 0 Å². The molecule has 0 bridgehead atoms. The number of nitrogens with zero attached hydrogens (tertiary/aromatic N) is 2. The van der Waals surface area contributed by atoms with Gasteiger partial charge in [-0.25, -0.2) is 0 Å². The van der Waals surface area contributed by atoms with E-state index in [1.54, 1.807) is 0 Å². The second kappa shape index (κ2) is 10.9. The Morgan fingerprint density at radius 3 is 2.74 bits per heavy atom. The number of carbonyl (C=O) groups is 1. The van der Waals surface area contributed by atoms with Crippen LogP contribution in [0.2, 0.25) is 0 Å². The summed E-state index contributed by atoms with van der Waals surface area (Å²) in [6.45, 7) is 8.40. The van der Waals surface area contributed by atoms with E-state index in [2.05, 4.69) is 33.4 Å². The summed E-state index contributed by atoms with van der Waals surface area (Å²) in [4.78, 5) is 16.4. The van der Waals surface area contributed by atoms with E-state index in [1.165, 1.54) is 17.7 Å². The Hall–Kier alpha value is -1.34. The summed E-state index contributed by atoms with van der Waals surface area (Å²) in [5, 5.41) is 16.5. The monoisotopic (exact) mass is 396 g/mol. The van der Waals surface area contributed by atoms with E-state index in [9.17, 15) is 9.90 Å². The second-order valence-corrected chi connectivity index (χ2v) is 7.35. The maximum atomic E-state index is 11.6. The third-order valence-corrected chi connectivity index (χ3v) is 5.30. The van der Waals surface area contributed by atoms with Gasteiger partial charge in [0, 0.05) is 57.1 Å². The summed E-state index contributed by atoms with van der Waals surface area (Å²) in [6.07, 6.45) is 3.42. The number of carbonyl (C=O) groups excluding carboxylic acids is 1. The maximum Gasteiger partial charge on any atom is 0.224 e. The normalized spacial score (nSPS) is 18.4. The molecule has 1 aromatic rings. The van der Waals surface area contributed by atoms with Gasteiger partial charge in [-0.3, -0.25) is 9.69 Å². The summed E-state index contributed by atoms with van der Waals surface area (Å²) >= 11 is 0. The zero-order chi connectivity index (χ0) is 18.4. The van der Waals surface area contributed by atoms with Crippen molar-refractivity contribution in [3.05, 3.63) is 23.8 Å². The largest absolute Gasteiger partial charge is 0.390 e. The fourth-order valence-corrected chi connectivity index (χ4v) is 3.81. The van der Waals surface area contributed by atoms with Crippen molar-refractivity contribution in [2.45, 2.75) is 38.7 Å². The Bertz CT molecular complexity index is 606. The van der Waals surface area contributed by atoms with Crippen molar-refractivity contribution in [1.82, 2.24) is 10.2 Å². The Morgan fingerprint density at radius 2 is 2.00 bits per heavy atom. The molecule has 3 N–H and O–H groups in total. The van der Waals surface area contributed by atoms with Crippen LogP contribution in [0, 0.1) is 0 Å². The number of piperazine rings is 1. The van der Waals surface area contributed by atoms with Crippen LogP contribution in [-0.2, 0) is 11.2 Å². The van der Waals surface area contributed by atoms with Gasteiger partial charge < -0.3 is 20.6 Å². The van der Waals surface area contributed by atoms with Crippen molar-refractivity contribution >= 4 is 29.7 Å². The van der Waals surface area contributed by atoms with E-state index < -0.39 is 0 Å². The number of benzene rings is 1. The SMILES string of the molecule is CCCCNC[C@@H](O)CN1CCN(c2cccc3c2CCC(=O)N3)CC1.Cl. The molecule has 27 heavy (non-hydrogen) atoms. The summed E-state index contributed by atoms with van der Waals surface area (Å²) in [5.41, 5.74) is 3.49. The lowest BCUT2D eigenvalue weighted by molar-refractivity contribution is -0.116. The molecule has 1 aromatic carbocycles. The highest BCUT2D eigenvalue weighted by atomic mass is 35.5. The topological polar surface area (TPSA) is 67.8 Å². The van der Waals surface area contributed by atoms with Gasteiger partial charge >= 0.3 is 0 Å². The van der Waals surface area contributed by atoms with Crippen molar-refractivity contribution in [3.63, 3.8) is 0 Å². The number of aliphatic hydroxyl groups is 1. The van der Waals surface area contributed by atoms with Crippen LogP contribution in [0.4, 0.5) is 11.4 Å². The lowest BCUT2D eigenvalue weighted by Crippen LogP contribution is -2.50. The minimum absolute atomic E-state index is 0. The molecule has 1 atom stereocenters. The fourth-order valence-electron chi connectivity index (χ4n) is 3.81. The van der Waals surface area contributed by atoms with Crippen LogP contribution in [0.25, 0.3) is 0 Å². The van der Waals surface area contributed by atoms with Crippen LogP contribution in [0.15, 0.2) is 18.2 Å². The summed E-state index contributed by atoms with van der Waals surface area (Å²) in [5.74, 6) is 0.112. The quantitative estimate of drug-likeness (QED) is 0.585. The molecule has 152 valence electrons. The van der Waals surface area contributed by atoms with Crippen molar-refractivity contribution < 1.29 is 9.90 Å². The number of hydrogen-bond acceptors (Lipinski definition) is 5. The molecule has 0 saturated carbocycles. The number of fused-ring (bicyclic) bond motifs is 1. The molecule has 3 rings (SSSR count). The maximum absolute atomic E-state index is 11.6. The number of halogens is 1. The van der Waals surface area contributed by atoms with Crippen molar-refractivity contribution in [3.8, 4) is 0 Å². The first-order valence-corrected chi connectivity index (χ1v) is 9.95. The Morgan fingerprint density at radius 1 is 1.22 bits per heavy atom. The molecule has 7 heteroatoms. The van der Waals surface area contributed by atoms with Crippen molar-refractivity contribution in [2.75, 3.05) is 56.0 Å². The summed E-state index contributed by atoms with van der Waals surface area (Å²) in [6, 6.07) is 6.18. The number of anilines is 2. The predicted octanol–water partition coefficient (Wildman–Crippen LogP) is 1.87. The standard InChI is InChI=1S/C20H32N4O2.ClH/c1-2-3-9-21-14-16(25)15-23-10-12-24(13-11-23)19-6-4-5-18-17(19)7-8-20(26)22-18;/h4-6,16,21,25H,2-3,7-15H2,1H3,(H,22,26);1H/t16-;/m1./s1. The number of β-amino-alcohol motifs (C(OH)–C–C–N with tert-alkyl or cyclic N) is 1. The highest BCUT2D eigenvalue weighted by Gasteiger charge is 2.24. The zero-order valence-corrected chi connectivity index (χ0v) is 17.1. The number of hydrogen-bond donors (Lipinski definition) is 3. The Kier molecular flexibility index (Phi) is 8.83. The first kappa shape index (κ1) is 22.0. The molecule has 0 aromatic heterocycles. The second-order valence-electron chi connectivity index (χ2n) is 7.35. The first-order valence-electron chi connectivity index (χ1n) is 9.95. The van der Waals surface area contributed by atoms with Gasteiger partial charge in [0.2, 0.25) is 5.91 Å². The van der Waals surface area contributed by atoms with Crippen LogP contribution in [0.3, 0.4) is 0 Å². The van der Waals surface area contributed by atoms with Gasteiger partial charge in [-0.15, -0.1) is 12.4 Å². The number of aliphatic hydroxyl groups excluding tert-OH is 1. The molecule has 1 saturated heterocycles. The van der Waals surface area contributed by atoms with Crippen LogP contribution >= 0.6 is 12.4 Å². The van der Waals surface area contributed by atoms with Gasteiger partial charge in [0.25, 0.3) is 0 Å². The highest BCUT2D eigenvalue weighted by molar-refractivity contribution is 5.95. The van der Waals surface area contributed by atoms with Crippen LogP contribution in [0.5, 0.6) is 0 Å². The fraction of sp³-hybridized carbons (Fsp3) is 0.650. The number of nitrogens with one attached hydrogen (secondary N) is 2.